The van der Waals surface area contributed by atoms with Gasteiger partial charge in [0.1, 0.15) is 11.9 Å². The van der Waals surface area contributed by atoms with Crippen molar-refractivity contribution in [2.45, 2.75) is 0 Å². The molecule has 6 nitrogen and oxygen atoms in total. The second kappa shape index (κ2) is 5.33. The molecule has 94 valence electrons. The minimum Gasteiger partial charge on any atom is -0.507 e. The summed E-state index contributed by atoms with van der Waals surface area (Å²) in [5, 5.41) is 20.1. The average Bonchev–Trinajstić information content (AvgIpc) is 2.29. The molecule has 0 saturated heterocycles. The second-order valence-corrected chi connectivity index (χ2v) is 3.44. The maximum atomic E-state index is 10.5. The molecular weight excluding hydrogens is 258 g/mol. The monoisotopic (exact) mass is 267 g/mol. The Balaban J connectivity index is 0.00000162. The number of nitro groups is 1. The highest BCUT2D eigenvalue weighted by atomic mass is 35.5. The molecule has 0 bridgehead atoms. The maximum Gasteiger partial charge on any atom is 0.287 e. The van der Waals surface area contributed by atoms with E-state index in [1.807, 2.05) is 0 Å². The van der Waals surface area contributed by atoms with Crippen molar-refractivity contribution in [3.63, 3.8) is 0 Å². The van der Waals surface area contributed by atoms with Crippen molar-refractivity contribution >= 4 is 23.8 Å². The number of hydrogen-bond acceptors (Lipinski definition) is 5. The quantitative estimate of drug-likeness (QED) is 0.494. The molecule has 0 spiro atoms. The number of phenolic OH excluding ortho intramolecular Hbond substituents is 1. The number of aromatic nitrogens is 1. The normalized spacial score (nSPS) is 9.56. The Bertz CT molecular complexity index is 572. The number of rotatable bonds is 2. The number of nitrogens with two attached hydrogens (primary N) is 1. The number of anilines is 1. The molecule has 0 aliphatic rings. The number of nitrogens with zero attached hydrogens (tertiary/aromatic N) is 2. The Morgan fingerprint density at radius 2 is 2.00 bits per heavy atom. The van der Waals surface area contributed by atoms with Crippen LogP contribution in [0.1, 0.15) is 0 Å². The zero-order valence-electron chi connectivity index (χ0n) is 9.11. The summed E-state index contributed by atoms with van der Waals surface area (Å²) in [5.41, 5.74) is 6.78. The van der Waals surface area contributed by atoms with E-state index in [0.29, 0.717) is 16.9 Å². The summed E-state index contributed by atoms with van der Waals surface area (Å²) in [7, 11) is 0. The van der Waals surface area contributed by atoms with Gasteiger partial charge < -0.3 is 10.8 Å². The van der Waals surface area contributed by atoms with Gasteiger partial charge in [-0.1, -0.05) is 0 Å². The van der Waals surface area contributed by atoms with Crippen molar-refractivity contribution in [2.75, 3.05) is 5.73 Å². The third kappa shape index (κ3) is 2.67. The molecule has 7 heteroatoms. The molecule has 0 atom stereocenters. The van der Waals surface area contributed by atoms with E-state index in [-0.39, 0.29) is 23.8 Å². The zero-order valence-corrected chi connectivity index (χ0v) is 9.92. The number of nitrogen functional groups attached to an aromatic ring is 1. The van der Waals surface area contributed by atoms with E-state index < -0.39 is 4.92 Å². The molecule has 0 fully saturated rings. The Morgan fingerprint density at radius 1 is 1.28 bits per heavy atom. The van der Waals surface area contributed by atoms with Crippen molar-refractivity contribution in [2.24, 2.45) is 0 Å². The second-order valence-electron chi connectivity index (χ2n) is 3.44. The summed E-state index contributed by atoms with van der Waals surface area (Å²) in [6, 6.07) is 7.44. The van der Waals surface area contributed by atoms with Gasteiger partial charge in [0.2, 0.25) is 0 Å². The van der Waals surface area contributed by atoms with Crippen LogP contribution in [0.15, 0.2) is 36.5 Å². The maximum absolute atomic E-state index is 10.5. The molecule has 1 heterocycles. The molecule has 0 amide bonds. The van der Waals surface area contributed by atoms with E-state index in [4.69, 9.17) is 5.73 Å². The molecule has 1 aromatic carbocycles. The van der Waals surface area contributed by atoms with Crippen LogP contribution in [0.25, 0.3) is 11.3 Å². The molecular formula is C11H10ClN3O3. The lowest BCUT2D eigenvalue weighted by molar-refractivity contribution is -0.385. The summed E-state index contributed by atoms with van der Waals surface area (Å²) in [6.45, 7) is 0. The number of pyridine rings is 1. The van der Waals surface area contributed by atoms with Crippen LogP contribution < -0.4 is 5.73 Å². The summed E-state index contributed by atoms with van der Waals surface area (Å²) < 4.78 is 0. The first kappa shape index (κ1) is 13.7. The fourth-order valence-electron chi connectivity index (χ4n) is 1.42. The number of phenols is 1. The highest BCUT2D eigenvalue weighted by molar-refractivity contribution is 5.85. The molecule has 0 saturated carbocycles. The van der Waals surface area contributed by atoms with Crippen LogP contribution in [-0.4, -0.2) is 15.0 Å². The first-order valence-corrected chi connectivity index (χ1v) is 4.77. The molecule has 2 aromatic rings. The minimum absolute atomic E-state index is 0. The van der Waals surface area contributed by atoms with Gasteiger partial charge in [-0.2, -0.15) is 0 Å². The van der Waals surface area contributed by atoms with Gasteiger partial charge in [-0.15, -0.1) is 12.4 Å². The van der Waals surface area contributed by atoms with E-state index in [1.165, 1.54) is 18.2 Å². The highest BCUT2D eigenvalue weighted by Crippen LogP contribution is 2.29. The number of aromatic hydroxyl groups is 1. The Labute approximate surface area is 109 Å². The zero-order chi connectivity index (χ0) is 12.4. The van der Waals surface area contributed by atoms with Crippen molar-refractivity contribution in [1.29, 1.82) is 0 Å². The molecule has 0 aliphatic heterocycles. The fourth-order valence-corrected chi connectivity index (χ4v) is 1.42. The summed E-state index contributed by atoms with van der Waals surface area (Å²) >= 11 is 0. The summed E-state index contributed by atoms with van der Waals surface area (Å²) in [6.07, 6.45) is 1.14. The van der Waals surface area contributed by atoms with Crippen molar-refractivity contribution in [3.05, 3.63) is 46.6 Å². The van der Waals surface area contributed by atoms with Crippen molar-refractivity contribution in [1.82, 2.24) is 4.98 Å². The van der Waals surface area contributed by atoms with Crippen LogP contribution in [0.2, 0.25) is 0 Å². The summed E-state index contributed by atoms with van der Waals surface area (Å²) in [4.78, 5) is 13.9. The van der Waals surface area contributed by atoms with E-state index in [1.54, 1.807) is 12.1 Å². The third-order valence-electron chi connectivity index (χ3n) is 2.26. The van der Waals surface area contributed by atoms with E-state index in [9.17, 15) is 15.2 Å². The van der Waals surface area contributed by atoms with Crippen LogP contribution >= 0.6 is 12.4 Å². The number of hydrogen-bond donors (Lipinski definition) is 2. The molecule has 3 N–H and O–H groups in total. The summed E-state index contributed by atoms with van der Waals surface area (Å²) in [5.74, 6) is -0.00801. The number of halogens is 1. The lowest BCUT2D eigenvalue weighted by atomic mass is 10.1. The van der Waals surface area contributed by atoms with Gasteiger partial charge in [-0.3, -0.25) is 10.1 Å². The first-order valence-electron chi connectivity index (χ1n) is 4.77. The Hall–Kier alpha value is -2.34. The van der Waals surface area contributed by atoms with Gasteiger partial charge in [-0.05, 0) is 18.2 Å². The van der Waals surface area contributed by atoms with Gasteiger partial charge in [0, 0.05) is 23.4 Å². The molecule has 0 unspecified atom stereocenters. The smallest absolute Gasteiger partial charge is 0.287 e. The average molecular weight is 268 g/mol. The molecule has 0 aliphatic carbocycles. The van der Waals surface area contributed by atoms with E-state index >= 15 is 0 Å². The van der Waals surface area contributed by atoms with Crippen LogP contribution in [0.4, 0.5) is 11.4 Å². The fraction of sp³-hybridized carbons (Fsp3) is 0. The van der Waals surface area contributed by atoms with E-state index in [0.717, 1.165) is 6.20 Å². The first-order chi connectivity index (χ1) is 8.08. The Kier molecular flexibility index (Phi) is 4.06. The van der Waals surface area contributed by atoms with Crippen LogP contribution in [-0.2, 0) is 0 Å². The van der Waals surface area contributed by atoms with Crippen LogP contribution in [0, 0.1) is 10.1 Å². The van der Waals surface area contributed by atoms with Gasteiger partial charge in [0.15, 0.2) is 0 Å². The van der Waals surface area contributed by atoms with Gasteiger partial charge in [0.05, 0.1) is 10.6 Å². The van der Waals surface area contributed by atoms with Crippen molar-refractivity contribution in [3.8, 4) is 17.0 Å². The SMILES string of the molecule is Cl.Nc1ccc(-c2ccc([N+](=O)[O-])cn2)c(O)c1. The van der Waals surface area contributed by atoms with Gasteiger partial charge in [0.25, 0.3) is 5.69 Å². The molecule has 0 radical (unpaired) electrons. The van der Waals surface area contributed by atoms with E-state index in [2.05, 4.69) is 4.98 Å². The highest BCUT2D eigenvalue weighted by Gasteiger charge is 2.09. The van der Waals surface area contributed by atoms with Gasteiger partial charge in [-0.25, -0.2) is 4.98 Å². The van der Waals surface area contributed by atoms with Crippen molar-refractivity contribution < 1.29 is 10.0 Å². The lowest BCUT2D eigenvalue weighted by Crippen LogP contribution is -1.91. The largest absolute Gasteiger partial charge is 0.507 e. The molecule has 2 rings (SSSR count). The lowest BCUT2D eigenvalue weighted by Gasteiger charge is -2.04. The molecule has 1 aromatic heterocycles. The van der Waals surface area contributed by atoms with Gasteiger partial charge >= 0.3 is 0 Å². The predicted octanol–water partition coefficient (Wildman–Crippen LogP) is 2.37. The number of benzene rings is 1. The standard InChI is InChI=1S/C11H9N3O3.ClH/c12-7-1-3-9(11(15)5-7)10-4-2-8(6-13-10)14(16)17;/h1-6,15H,12H2;1H. The molecule has 18 heavy (non-hydrogen) atoms. The minimum atomic E-state index is -0.528. The van der Waals surface area contributed by atoms with Crippen LogP contribution in [0.3, 0.4) is 0 Å². The topological polar surface area (TPSA) is 102 Å². The Morgan fingerprint density at radius 3 is 2.50 bits per heavy atom. The predicted molar refractivity (Wildman–Crippen MR) is 69.7 cm³/mol. The third-order valence-corrected chi connectivity index (χ3v) is 2.26. The van der Waals surface area contributed by atoms with Crippen LogP contribution in [0.5, 0.6) is 5.75 Å².